The summed E-state index contributed by atoms with van der Waals surface area (Å²) in [6.45, 7) is 1.71. The Balaban J connectivity index is 1.66. The van der Waals surface area contributed by atoms with Gasteiger partial charge in [0.2, 0.25) is 0 Å². The molecule has 0 bridgehead atoms. The Morgan fingerprint density at radius 3 is 2.68 bits per heavy atom. The number of carbonyl (C=O) groups is 1. The monoisotopic (exact) mass is 630 g/mol. The molecule has 0 saturated heterocycles. The van der Waals surface area contributed by atoms with Gasteiger partial charge < -0.3 is 13.9 Å². The zero-order valence-corrected chi connectivity index (χ0v) is 24.3. The molecular weight excluding hydrogens is 612 g/mol. The first-order chi connectivity index (χ1) is 18.3. The molecule has 0 fully saturated rings. The van der Waals surface area contributed by atoms with Crippen molar-refractivity contribution in [3.8, 4) is 5.75 Å². The number of furan rings is 1. The molecule has 0 radical (unpaired) electrons. The second-order valence-corrected chi connectivity index (χ2v) is 11.5. The number of aromatic nitrogens is 1. The van der Waals surface area contributed by atoms with Crippen LogP contribution in [0.25, 0.3) is 6.08 Å². The summed E-state index contributed by atoms with van der Waals surface area (Å²) in [6, 6.07) is 15.9. The molecule has 1 aliphatic heterocycles. The van der Waals surface area contributed by atoms with E-state index in [1.54, 1.807) is 31.2 Å². The third-order valence-electron chi connectivity index (χ3n) is 5.81. The number of ether oxygens (including phenoxy) is 2. The molecule has 194 valence electrons. The van der Waals surface area contributed by atoms with Crippen LogP contribution in [0.2, 0.25) is 5.02 Å². The number of rotatable bonds is 6. The van der Waals surface area contributed by atoms with Gasteiger partial charge >= 0.3 is 5.97 Å². The van der Waals surface area contributed by atoms with Gasteiger partial charge in [-0.05, 0) is 59.3 Å². The number of benzene rings is 2. The molecule has 38 heavy (non-hydrogen) atoms. The van der Waals surface area contributed by atoms with Gasteiger partial charge in [-0.3, -0.25) is 9.36 Å². The molecule has 1 atom stereocenters. The van der Waals surface area contributed by atoms with E-state index in [2.05, 4.69) is 20.9 Å². The van der Waals surface area contributed by atoms with Crippen LogP contribution in [0.3, 0.4) is 0 Å². The third-order valence-corrected chi connectivity index (χ3v) is 8.88. The second-order valence-electron chi connectivity index (χ2n) is 8.16. The summed E-state index contributed by atoms with van der Waals surface area (Å²) in [6.07, 6.45) is 1.67. The summed E-state index contributed by atoms with van der Waals surface area (Å²) in [5, 5.41) is 1.10. The normalized spacial score (nSPS) is 15.3. The standard InChI is InChI=1S/C27H20BrClN2O5S2/c1-14-22(25(33)35-3)23(18-11-15(29)9-10-20(18)34-2)31-24(32)21(38-27(31)30-14)13-16-12-19(28)26(36-16)37-17-7-5-4-6-8-17/h4-13,23H,1-3H3/b21-13-/t23-/m1/s1. The van der Waals surface area contributed by atoms with E-state index in [1.807, 2.05) is 36.4 Å². The lowest BCUT2D eigenvalue weighted by atomic mass is 9.95. The number of esters is 1. The van der Waals surface area contributed by atoms with Crippen LogP contribution in [0.1, 0.15) is 24.3 Å². The van der Waals surface area contributed by atoms with Crippen LogP contribution in [0.5, 0.6) is 5.75 Å². The highest BCUT2D eigenvalue weighted by molar-refractivity contribution is 9.10. The topological polar surface area (TPSA) is 83.0 Å². The SMILES string of the molecule is COC(=O)C1=C(C)N=c2s/c(=C\c3cc(Br)c(Sc4ccccc4)o3)c(=O)n2[C@@H]1c1cc(Cl)ccc1OC. The molecule has 5 rings (SSSR count). The van der Waals surface area contributed by atoms with Crippen LogP contribution in [-0.2, 0) is 9.53 Å². The number of methoxy groups -OCH3 is 2. The molecule has 0 spiro atoms. The lowest BCUT2D eigenvalue weighted by Crippen LogP contribution is -2.40. The number of nitrogens with zero attached hydrogens (tertiary/aromatic N) is 2. The Hall–Kier alpha value is -3.05. The van der Waals surface area contributed by atoms with Crippen molar-refractivity contribution in [1.29, 1.82) is 0 Å². The van der Waals surface area contributed by atoms with Gasteiger partial charge in [0.15, 0.2) is 9.89 Å². The van der Waals surface area contributed by atoms with Gasteiger partial charge in [0.25, 0.3) is 5.56 Å². The van der Waals surface area contributed by atoms with Crippen molar-refractivity contribution in [1.82, 2.24) is 4.57 Å². The van der Waals surface area contributed by atoms with E-state index in [-0.39, 0.29) is 11.1 Å². The molecular formula is C27H20BrClN2O5S2. The number of thiazole rings is 1. The van der Waals surface area contributed by atoms with Crippen LogP contribution in [0.15, 0.2) is 94.5 Å². The van der Waals surface area contributed by atoms with Crippen LogP contribution >= 0.6 is 50.6 Å². The van der Waals surface area contributed by atoms with Gasteiger partial charge in [-0.2, -0.15) is 0 Å². The molecule has 2 aromatic heterocycles. The Kier molecular flexibility index (Phi) is 7.67. The summed E-state index contributed by atoms with van der Waals surface area (Å²) >= 11 is 12.5. The van der Waals surface area contributed by atoms with E-state index in [1.165, 1.54) is 41.9 Å². The number of halogens is 2. The molecule has 0 amide bonds. The number of hydrogen-bond acceptors (Lipinski definition) is 8. The van der Waals surface area contributed by atoms with E-state index in [0.717, 1.165) is 9.37 Å². The van der Waals surface area contributed by atoms with E-state index in [4.69, 9.17) is 25.5 Å². The summed E-state index contributed by atoms with van der Waals surface area (Å²) in [7, 11) is 2.81. The summed E-state index contributed by atoms with van der Waals surface area (Å²) in [5.74, 6) is 0.383. The fourth-order valence-electron chi connectivity index (χ4n) is 4.14. The first-order valence-electron chi connectivity index (χ1n) is 11.3. The average molecular weight is 632 g/mol. The first-order valence-corrected chi connectivity index (χ1v) is 14.1. The zero-order valence-electron chi connectivity index (χ0n) is 20.4. The van der Waals surface area contributed by atoms with E-state index in [0.29, 0.717) is 42.2 Å². The minimum Gasteiger partial charge on any atom is -0.496 e. The van der Waals surface area contributed by atoms with Crippen LogP contribution in [0.4, 0.5) is 0 Å². The number of fused-ring (bicyclic) bond motifs is 1. The molecule has 0 N–H and O–H groups in total. The van der Waals surface area contributed by atoms with Crippen LogP contribution in [-0.4, -0.2) is 24.8 Å². The van der Waals surface area contributed by atoms with Crippen LogP contribution in [0, 0.1) is 0 Å². The van der Waals surface area contributed by atoms with Gasteiger partial charge in [-0.25, -0.2) is 9.79 Å². The fraction of sp³-hybridized carbons (Fsp3) is 0.148. The van der Waals surface area contributed by atoms with Gasteiger partial charge in [-0.15, -0.1) is 0 Å². The maximum atomic E-state index is 13.8. The quantitative estimate of drug-likeness (QED) is 0.259. The predicted molar refractivity (Wildman–Crippen MR) is 151 cm³/mol. The van der Waals surface area contributed by atoms with Crippen molar-refractivity contribution < 1.29 is 18.7 Å². The maximum Gasteiger partial charge on any atom is 0.338 e. The van der Waals surface area contributed by atoms with Crippen molar-refractivity contribution in [3.05, 3.63) is 106 Å². The van der Waals surface area contributed by atoms with Crippen molar-refractivity contribution >= 4 is 62.7 Å². The summed E-state index contributed by atoms with van der Waals surface area (Å²) in [4.78, 5) is 32.7. The predicted octanol–water partition coefficient (Wildman–Crippen LogP) is 5.58. The first kappa shape index (κ1) is 26.6. The molecule has 1 aliphatic rings. The number of carbonyl (C=O) groups excluding carboxylic acids is 1. The molecule has 2 aromatic carbocycles. The average Bonchev–Trinajstić information content (AvgIpc) is 3.41. The van der Waals surface area contributed by atoms with Gasteiger partial charge in [0.1, 0.15) is 17.6 Å². The number of allylic oxidation sites excluding steroid dienone is 1. The Morgan fingerprint density at radius 2 is 1.97 bits per heavy atom. The highest BCUT2D eigenvalue weighted by Crippen LogP contribution is 2.38. The van der Waals surface area contributed by atoms with E-state index >= 15 is 0 Å². The maximum absolute atomic E-state index is 13.8. The molecule has 4 aromatic rings. The largest absolute Gasteiger partial charge is 0.496 e. The lowest BCUT2D eigenvalue weighted by Gasteiger charge is -2.25. The second kappa shape index (κ2) is 11.0. The minimum absolute atomic E-state index is 0.231. The molecule has 0 unspecified atom stereocenters. The fourth-order valence-corrected chi connectivity index (χ4v) is 6.70. The van der Waals surface area contributed by atoms with Gasteiger partial charge in [-0.1, -0.05) is 52.9 Å². The Labute approximate surface area is 239 Å². The van der Waals surface area contributed by atoms with Crippen molar-refractivity contribution in [2.45, 2.75) is 23.0 Å². The van der Waals surface area contributed by atoms with Crippen LogP contribution < -0.4 is 19.6 Å². The van der Waals surface area contributed by atoms with Gasteiger partial charge in [0.05, 0.1) is 34.5 Å². The molecule has 11 heteroatoms. The molecule has 3 heterocycles. The molecule has 7 nitrogen and oxygen atoms in total. The smallest absolute Gasteiger partial charge is 0.338 e. The van der Waals surface area contributed by atoms with Crippen molar-refractivity contribution in [3.63, 3.8) is 0 Å². The Morgan fingerprint density at radius 1 is 1.21 bits per heavy atom. The van der Waals surface area contributed by atoms with E-state index < -0.39 is 12.0 Å². The number of hydrogen-bond donors (Lipinski definition) is 0. The third kappa shape index (κ3) is 5.01. The highest BCUT2D eigenvalue weighted by Gasteiger charge is 2.35. The lowest BCUT2D eigenvalue weighted by molar-refractivity contribution is -0.136. The highest BCUT2D eigenvalue weighted by atomic mass is 79.9. The van der Waals surface area contributed by atoms with Crippen molar-refractivity contribution in [2.24, 2.45) is 4.99 Å². The molecule has 0 saturated carbocycles. The summed E-state index contributed by atoms with van der Waals surface area (Å²) in [5.41, 5.74) is 0.886. The van der Waals surface area contributed by atoms with E-state index in [9.17, 15) is 9.59 Å². The summed E-state index contributed by atoms with van der Waals surface area (Å²) < 4.78 is 19.3. The Bertz CT molecular complexity index is 1760. The van der Waals surface area contributed by atoms with Crippen molar-refractivity contribution in [2.75, 3.05) is 14.2 Å². The zero-order chi connectivity index (χ0) is 27.0. The van der Waals surface area contributed by atoms with Gasteiger partial charge in [0, 0.05) is 21.6 Å². The molecule has 0 aliphatic carbocycles. The minimum atomic E-state index is -0.845.